The molecule has 20 N–H and O–H groups in total. The number of aromatic hydroxyl groups is 20. The summed E-state index contributed by atoms with van der Waals surface area (Å²) in [6, 6.07) is 27.2. The number of phenolic OH excluding ortho intramolecular Hbond substituents is 20. The van der Waals surface area contributed by atoms with Crippen LogP contribution in [-0.2, 0) is 0 Å². The topological polar surface area (TPSA) is 411 Å². The zero-order valence-electron chi connectivity index (χ0n) is 39.2. The molecule has 0 atom stereocenters. The van der Waals surface area contributed by atoms with E-state index in [1.165, 1.54) is 58.3 Å². The van der Waals surface area contributed by atoms with E-state index in [1.807, 2.05) is 0 Å². The molecule has 392 valence electrons. The molecule has 22 heteroatoms. The average molecular weight is 1060 g/mol. The lowest BCUT2D eigenvalue weighted by Gasteiger charge is -2.30. The number of anilines is 6. The van der Waals surface area contributed by atoms with E-state index in [9.17, 15) is 102 Å². The van der Waals surface area contributed by atoms with Gasteiger partial charge in [-0.2, -0.15) is 0 Å². The van der Waals surface area contributed by atoms with Crippen molar-refractivity contribution in [2.45, 2.75) is 0 Å². The third-order valence-corrected chi connectivity index (χ3v) is 13.8. The van der Waals surface area contributed by atoms with E-state index >= 15 is 0 Å². The van der Waals surface area contributed by atoms with Crippen molar-refractivity contribution in [3.8, 4) is 137 Å². The third-order valence-electron chi connectivity index (χ3n) is 13.8. The highest BCUT2D eigenvalue weighted by Gasteiger charge is 2.34. The van der Waals surface area contributed by atoms with Gasteiger partial charge < -0.3 is 112 Å². The van der Waals surface area contributed by atoms with Crippen molar-refractivity contribution >= 4 is 77.2 Å². The first-order valence-corrected chi connectivity index (χ1v) is 22.8. The van der Waals surface area contributed by atoms with Crippen LogP contribution in [0.15, 0.2) is 109 Å². The minimum absolute atomic E-state index is 0.0397. The summed E-state index contributed by atoms with van der Waals surface area (Å²) in [6.07, 6.45) is 0. The molecule has 0 fully saturated rings. The van der Waals surface area contributed by atoms with Crippen molar-refractivity contribution in [2.24, 2.45) is 0 Å². The molecule has 0 aromatic heterocycles. The number of nitrogens with zero attached hydrogens (tertiary/aromatic N) is 2. The van der Waals surface area contributed by atoms with Gasteiger partial charge in [-0.1, -0.05) is 72.8 Å². The van der Waals surface area contributed by atoms with Gasteiger partial charge in [0.1, 0.15) is 11.4 Å². The van der Waals surface area contributed by atoms with Crippen LogP contribution < -0.4 is 9.80 Å². The Morgan fingerprint density at radius 2 is 0.436 bits per heavy atom. The lowest BCUT2D eigenvalue weighted by Crippen LogP contribution is -2.12. The van der Waals surface area contributed by atoms with Gasteiger partial charge in [0, 0.05) is 22.1 Å². The van der Waals surface area contributed by atoms with Gasteiger partial charge in [-0.25, -0.2) is 0 Å². The Morgan fingerprint density at radius 3 is 0.718 bits per heavy atom. The normalized spacial score (nSPS) is 11.6. The van der Waals surface area contributed by atoms with Gasteiger partial charge in [0.05, 0.1) is 22.5 Å². The first kappa shape index (κ1) is 48.6. The maximum atomic E-state index is 11.5. The fourth-order valence-electron chi connectivity index (χ4n) is 10.1. The van der Waals surface area contributed by atoms with Gasteiger partial charge in [-0.15, -0.1) is 0 Å². The van der Waals surface area contributed by atoms with Crippen LogP contribution in [0.25, 0.3) is 65.3 Å². The van der Waals surface area contributed by atoms with Crippen molar-refractivity contribution in [3.05, 3.63) is 109 Å². The van der Waals surface area contributed by atoms with Gasteiger partial charge >= 0.3 is 0 Å². The Kier molecular flexibility index (Phi) is 10.5. The van der Waals surface area contributed by atoms with E-state index in [0.29, 0.717) is 43.1 Å². The predicted octanol–water partition coefficient (Wildman–Crippen LogP) is 10.1. The standard InChI is InChI=1S/C56H38N2O20/c59-37-31(38(60)46(68)53(75)45(37)67)19-7-11-21(12-8-19)57(35-41(63)49(71)55(77)50(72)42(35)64)29-17-16-26-24-4-2-6-28-30(18-15-25(34(24)28)23-3-1-5-27(29)33(23)26)58(36-43(65)51(73)56(78)52(74)44(36)66)22-13-9-20(10-14-22)32-39(61)47(69)54(76)48(70)40(32)62/h1-18,59-78H. The van der Waals surface area contributed by atoms with Crippen LogP contribution in [0, 0.1) is 0 Å². The highest BCUT2D eigenvalue weighted by Crippen LogP contribution is 2.63. The lowest BCUT2D eigenvalue weighted by molar-refractivity contribution is 0.329. The summed E-state index contributed by atoms with van der Waals surface area (Å²) >= 11 is 0. The van der Waals surface area contributed by atoms with Gasteiger partial charge in [-0.05, 0) is 79.8 Å². The van der Waals surface area contributed by atoms with Crippen LogP contribution in [0.2, 0.25) is 0 Å². The third kappa shape index (κ3) is 6.56. The molecule has 0 radical (unpaired) electrons. The first-order valence-electron chi connectivity index (χ1n) is 22.8. The van der Waals surface area contributed by atoms with E-state index in [4.69, 9.17) is 0 Å². The van der Waals surface area contributed by atoms with Crippen LogP contribution in [-0.4, -0.2) is 102 Å². The Hall–Kier alpha value is -11.7. The molecule has 0 unspecified atom stereocenters. The van der Waals surface area contributed by atoms with Crippen LogP contribution in [0.5, 0.6) is 115 Å². The molecule has 11 aromatic rings. The summed E-state index contributed by atoms with van der Waals surface area (Å²) in [5.41, 5.74) is -1.99. The maximum Gasteiger partial charge on any atom is 0.208 e. The van der Waals surface area contributed by atoms with Crippen molar-refractivity contribution in [1.82, 2.24) is 0 Å². The highest BCUT2D eigenvalue weighted by molar-refractivity contribution is 6.35. The summed E-state index contributed by atoms with van der Waals surface area (Å²) in [4.78, 5) is 2.42. The van der Waals surface area contributed by atoms with Crippen LogP contribution >= 0.6 is 0 Å². The summed E-state index contributed by atoms with van der Waals surface area (Å²) in [6.45, 7) is 0. The van der Waals surface area contributed by atoms with Crippen molar-refractivity contribution in [2.75, 3.05) is 9.80 Å². The van der Waals surface area contributed by atoms with Gasteiger partial charge in [0.15, 0.2) is 46.0 Å². The fraction of sp³-hybridized carbons (Fsp3) is 0. The SMILES string of the molecule is Oc1c(O)c(O)c(-c2ccc(N(c3c(O)c(O)c(O)c(O)c3O)c3ccc4c5cccc6c(N(c7ccc(-c8c(O)c(O)c(O)c(O)c8O)cc7)c7c(O)c(O)c(O)c(O)c7O)ccc(c7cccc3c74)c65)cc2)c(O)c1O. The summed E-state index contributed by atoms with van der Waals surface area (Å²) in [5, 5.41) is 218. The van der Waals surface area contributed by atoms with Crippen molar-refractivity contribution in [3.63, 3.8) is 0 Å². The Balaban J connectivity index is 1.15. The summed E-state index contributed by atoms with van der Waals surface area (Å²) < 4.78 is 0. The molecule has 11 aromatic carbocycles. The van der Waals surface area contributed by atoms with E-state index < -0.39 is 137 Å². The largest absolute Gasteiger partial charge is 0.504 e. The predicted molar refractivity (Wildman–Crippen MR) is 281 cm³/mol. The van der Waals surface area contributed by atoms with E-state index in [-0.39, 0.29) is 33.9 Å². The second kappa shape index (κ2) is 16.9. The number of hydrogen-bond donors (Lipinski definition) is 20. The van der Waals surface area contributed by atoms with Crippen molar-refractivity contribution in [1.29, 1.82) is 0 Å². The Morgan fingerprint density at radius 1 is 0.205 bits per heavy atom. The number of rotatable bonds is 8. The molecule has 0 heterocycles. The summed E-state index contributed by atoms with van der Waals surface area (Å²) in [5.74, 6) is -22.7. The smallest absolute Gasteiger partial charge is 0.208 e. The highest BCUT2D eigenvalue weighted by atomic mass is 16.4. The minimum atomic E-state index is -1.25. The summed E-state index contributed by atoms with van der Waals surface area (Å²) in [7, 11) is 0. The molecule has 0 amide bonds. The minimum Gasteiger partial charge on any atom is -0.504 e. The Bertz CT molecular complexity index is 3980. The molecule has 0 aliphatic heterocycles. The molecule has 0 aliphatic rings. The molecule has 0 aliphatic carbocycles. The zero-order valence-corrected chi connectivity index (χ0v) is 39.2. The zero-order chi connectivity index (χ0) is 55.8. The van der Waals surface area contributed by atoms with E-state index in [2.05, 4.69) is 0 Å². The average Bonchev–Trinajstić information content (AvgIpc) is 3.55. The van der Waals surface area contributed by atoms with Gasteiger partial charge in [-0.3, -0.25) is 0 Å². The van der Waals surface area contributed by atoms with Gasteiger partial charge in [0.2, 0.25) is 69.0 Å². The fourth-order valence-corrected chi connectivity index (χ4v) is 10.1. The number of benzene rings is 11. The van der Waals surface area contributed by atoms with Crippen molar-refractivity contribution < 1.29 is 102 Å². The van der Waals surface area contributed by atoms with E-state index in [0.717, 1.165) is 0 Å². The molecule has 0 bridgehead atoms. The molecule has 0 spiro atoms. The second-order valence-corrected chi connectivity index (χ2v) is 17.9. The molecule has 0 saturated heterocycles. The second-order valence-electron chi connectivity index (χ2n) is 17.9. The first-order chi connectivity index (χ1) is 37.1. The van der Waals surface area contributed by atoms with Gasteiger partial charge in [0.25, 0.3) is 0 Å². The lowest BCUT2D eigenvalue weighted by atomic mass is 9.88. The number of fused-ring (bicyclic) bond motifs is 2. The van der Waals surface area contributed by atoms with E-state index in [1.54, 1.807) is 60.7 Å². The molecule has 78 heavy (non-hydrogen) atoms. The quantitative estimate of drug-likeness (QED) is 0.0291. The molecule has 0 saturated carbocycles. The van der Waals surface area contributed by atoms with Crippen LogP contribution in [0.1, 0.15) is 0 Å². The van der Waals surface area contributed by atoms with Crippen LogP contribution in [0.4, 0.5) is 34.1 Å². The number of phenols is 20. The maximum absolute atomic E-state index is 11.5. The Labute approximate surface area is 434 Å². The van der Waals surface area contributed by atoms with Crippen LogP contribution in [0.3, 0.4) is 0 Å². The molecular weight excluding hydrogens is 1020 g/mol. The number of hydrogen-bond acceptors (Lipinski definition) is 22. The molecule has 22 nitrogen and oxygen atoms in total. The monoisotopic (exact) mass is 1060 g/mol. The molecule has 11 rings (SSSR count). The molecular formula is C56H38N2O20.